The van der Waals surface area contributed by atoms with Crippen LogP contribution in [0, 0.1) is 5.92 Å². The van der Waals surface area contributed by atoms with Crippen molar-refractivity contribution in [3.8, 4) is 0 Å². The largest absolute Gasteiger partial charge is 0.339 e. The lowest BCUT2D eigenvalue weighted by Crippen LogP contribution is -2.38. The fraction of sp³-hybridized carbons (Fsp3) is 0.533. The van der Waals surface area contributed by atoms with Crippen LogP contribution in [-0.4, -0.2) is 23.9 Å². The van der Waals surface area contributed by atoms with Gasteiger partial charge in [-0.3, -0.25) is 4.79 Å². The van der Waals surface area contributed by atoms with E-state index < -0.39 is 0 Å². The van der Waals surface area contributed by atoms with Crippen LogP contribution in [-0.2, 0) is 0 Å². The number of carbonyl (C=O) groups is 1. The van der Waals surface area contributed by atoms with Crippen LogP contribution in [0.1, 0.15) is 43.0 Å². The van der Waals surface area contributed by atoms with Gasteiger partial charge in [-0.05, 0) is 37.0 Å². The smallest absolute Gasteiger partial charge is 0.253 e. The van der Waals surface area contributed by atoms with E-state index in [-0.39, 0.29) is 5.91 Å². The first kappa shape index (κ1) is 13.5. The molecule has 0 aromatic heterocycles. The summed E-state index contributed by atoms with van der Waals surface area (Å²) < 4.78 is 0. The third-order valence-electron chi connectivity index (χ3n) is 3.69. The molecular formula is C15H21NOS. The molecule has 0 N–H and O–H groups in total. The SMILES string of the molecule is CCCC1CCN(C(=O)c2cccc(S)c2)CC1. The van der Waals surface area contributed by atoms with Gasteiger partial charge in [-0.25, -0.2) is 0 Å². The van der Waals surface area contributed by atoms with Crippen LogP contribution >= 0.6 is 12.6 Å². The van der Waals surface area contributed by atoms with E-state index in [9.17, 15) is 4.79 Å². The molecule has 0 bridgehead atoms. The lowest BCUT2D eigenvalue weighted by atomic mass is 9.92. The van der Waals surface area contributed by atoms with Gasteiger partial charge >= 0.3 is 0 Å². The van der Waals surface area contributed by atoms with E-state index in [1.54, 1.807) is 0 Å². The molecule has 2 rings (SSSR count). The van der Waals surface area contributed by atoms with Gasteiger partial charge in [-0.15, -0.1) is 12.6 Å². The number of piperidine rings is 1. The molecule has 0 saturated carbocycles. The van der Waals surface area contributed by atoms with E-state index >= 15 is 0 Å². The second-order valence-corrected chi connectivity index (χ2v) is 5.59. The summed E-state index contributed by atoms with van der Waals surface area (Å²) >= 11 is 4.28. The summed E-state index contributed by atoms with van der Waals surface area (Å²) in [6.07, 6.45) is 4.86. The van der Waals surface area contributed by atoms with Crippen LogP contribution in [0.25, 0.3) is 0 Å². The Kier molecular flexibility index (Phi) is 4.70. The van der Waals surface area contributed by atoms with Crippen molar-refractivity contribution in [1.29, 1.82) is 0 Å². The van der Waals surface area contributed by atoms with Gasteiger partial charge < -0.3 is 4.90 Å². The Hall–Kier alpha value is -0.960. The molecule has 1 aliphatic rings. The lowest BCUT2D eigenvalue weighted by Gasteiger charge is -2.32. The van der Waals surface area contributed by atoms with Gasteiger partial charge in [0.2, 0.25) is 0 Å². The summed E-state index contributed by atoms with van der Waals surface area (Å²) in [7, 11) is 0. The Labute approximate surface area is 115 Å². The number of rotatable bonds is 3. The number of hydrogen-bond acceptors (Lipinski definition) is 2. The highest BCUT2D eigenvalue weighted by atomic mass is 32.1. The number of carbonyl (C=O) groups excluding carboxylic acids is 1. The van der Waals surface area contributed by atoms with E-state index in [0.717, 1.165) is 42.3 Å². The molecule has 0 atom stereocenters. The fourth-order valence-electron chi connectivity index (χ4n) is 2.65. The summed E-state index contributed by atoms with van der Waals surface area (Å²) in [6, 6.07) is 7.51. The molecule has 1 heterocycles. The average Bonchev–Trinajstić information content (AvgIpc) is 2.39. The van der Waals surface area contributed by atoms with E-state index in [2.05, 4.69) is 19.6 Å². The maximum atomic E-state index is 12.3. The number of nitrogens with zero attached hydrogens (tertiary/aromatic N) is 1. The molecule has 1 amide bonds. The highest BCUT2D eigenvalue weighted by molar-refractivity contribution is 7.80. The number of hydrogen-bond donors (Lipinski definition) is 1. The van der Waals surface area contributed by atoms with Crippen molar-refractivity contribution in [2.24, 2.45) is 5.92 Å². The summed E-state index contributed by atoms with van der Waals surface area (Å²) in [4.78, 5) is 15.1. The minimum absolute atomic E-state index is 0.154. The molecule has 3 heteroatoms. The second kappa shape index (κ2) is 6.28. The van der Waals surface area contributed by atoms with Gasteiger partial charge in [-0.1, -0.05) is 25.8 Å². The van der Waals surface area contributed by atoms with Crippen LogP contribution in [0.5, 0.6) is 0 Å². The van der Waals surface area contributed by atoms with E-state index in [4.69, 9.17) is 0 Å². The molecule has 1 fully saturated rings. The molecule has 1 saturated heterocycles. The van der Waals surface area contributed by atoms with Gasteiger partial charge in [0, 0.05) is 23.5 Å². The number of benzene rings is 1. The molecule has 1 aromatic carbocycles. The molecule has 98 valence electrons. The van der Waals surface area contributed by atoms with Gasteiger partial charge in [0.05, 0.1) is 0 Å². The summed E-state index contributed by atoms with van der Waals surface area (Å²) in [6.45, 7) is 4.04. The average molecular weight is 263 g/mol. The number of thiol groups is 1. The molecule has 2 nitrogen and oxygen atoms in total. The molecule has 1 aromatic rings. The van der Waals surface area contributed by atoms with Gasteiger partial charge in [0.15, 0.2) is 0 Å². The highest BCUT2D eigenvalue weighted by Crippen LogP contribution is 2.23. The van der Waals surface area contributed by atoms with Crippen molar-refractivity contribution in [3.63, 3.8) is 0 Å². The Morgan fingerprint density at radius 1 is 1.39 bits per heavy atom. The predicted molar refractivity (Wildman–Crippen MR) is 77.2 cm³/mol. The van der Waals surface area contributed by atoms with E-state index in [1.807, 2.05) is 29.2 Å². The number of amides is 1. The fourth-order valence-corrected chi connectivity index (χ4v) is 2.88. The Balaban J connectivity index is 1.95. The van der Waals surface area contributed by atoms with E-state index in [0.29, 0.717) is 0 Å². The van der Waals surface area contributed by atoms with Gasteiger partial charge in [-0.2, -0.15) is 0 Å². The van der Waals surface area contributed by atoms with Crippen LogP contribution in [0.4, 0.5) is 0 Å². The van der Waals surface area contributed by atoms with Crippen molar-refractivity contribution >= 4 is 18.5 Å². The van der Waals surface area contributed by atoms with Gasteiger partial charge in [0.25, 0.3) is 5.91 Å². The molecule has 0 spiro atoms. The topological polar surface area (TPSA) is 20.3 Å². The standard InChI is InChI=1S/C15H21NOS/c1-2-4-12-7-9-16(10-8-12)15(17)13-5-3-6-14(18)11-13/h3,5-6,11-12,18H,2,4,7-10H2,1H3. The summed E-state index contributed by atoms with van der Waals surface area (Å²) in [5.41, 5.74) is 0.761. The quantitative estimate of drug-likeness (QED) is 0.826. The Bertz CT molecular complexity index is 411. The zero-order valence-electron chi connectivity index (χ0n) is 10.9. The van der Waals surface area contributed by atoms with Crippen molar-refractivity contribution < 1.29 is 4.79 Å². The number of likely N-dealkylation sites (tertiary alicyclic amines) is 1. The zero-order valence-corrected chi connectivity index (χ0v) is 11.8. The third kappa shape index (κ3) is 3.29. The maximum absolute atomic E-state index is 12.3. The minimum Gasteiger partial charge on any atom is -0.339 e. The van der Waals surface area contributed by atoms with Crippen molar-refractivity contribution in [1.82, 2.24) is 4.90 Å². The molecular weight excluding hydrogens is 242 g/mol. The van der Waals surface area contributed by atoms with Crippen molar-refractivity contribution in [2.75, 3.05) is 13.1 Å². The Morgan fingerprint density at radius 2 is 2.11 bits per heavy atom. The monoisotopic (exact) mass is 263 g/mol. The first-order chi connectivity index (χ1) is 8.70. The zero-order chi connectivity index (χ0) is 13.0. The van der Waals surface area contributed by atoms with Crippen LogP contribution in [0.3, 0.4) is 0 Å². The highest BCUT2D eigenvalue weighted by Gasteiger charge is 2.22. The van der Waals surface area contributed by atoms with Crippen molar-refractivity contribution in [3.05, 3.63) is 29.8 Å². The second-order valence-electron chi connectivity index (χ2n) is 5.07. The normalized spacial score (nSPS) is 16.9. The van der Waals surface area contributed by atoms with Gasteiger partial charge in [0.1, 0.15) is 0 Å². The van der Waals surface area contributed by atoms with Crippen LogP contribution in [0.15, 0.2) is 29.2 Å². The molecule has 0 aliphatic carbocycles. The maximum Gasteiger partial charge on any atom is 0.253 e. The minimum atomic E-state index is 0.154. The summed E-state index contributed by atoms with van der Waals surface area (Å²) in [5, 5.41) is 0. The predicted octanol–water partition coefficient (Wildman–Crippen LogP) is 3.63. The summed E-state index contributed by atoms with van der Waals surface area (Å²) in [5.74, 6) is 0.969. The van der Waals surface area contributed by atoms with E-state index in [1.165, 1.54) is 12.8 Å². The first-order valence-electron chi connectivity index (χ1n) is 6.79. The Morgan fingerprint density at radius 3 is 2.72 bits per heavy atom. The van der Waals surface area contributed by atoms with Crippen LogP contribution < -0.4 is 0 Å². The molecule has 1 aliphatic heterocycles. The molecule has 18 heavy (non-hydrogen) atoms. The van der Waals surface area contributed by atoms with Crippen molar-refractivity contribution in [2.45, 2.75) is 37.5 Å². The molecule has 0 unspecified atom stereocenters. The molecule has 0 radical (unpaired) electrons. The third-order valence-corrected chi connectivity index (χ3v) is 3.97. The first-order valence-corrected chi connectivity index (χ1v) is 7.23. The lowest BCUT2D eigenvalue weighted by molar-refractivity contribution is 0.0686. The van der Waals surface area contributed by atoms with Crippen LogP contribution in [0.2, 0.25) is 0 Å².